The molecule has 9 heteroatoms. The molecular weight excluding hydrogens is 476 g/mol. The number of nitrogens with two attached hydrogens (primary N) is 1. The zero-order chi connectivity index (χ0) is 26.8. The van der Waals surface area contributed by atoms with Crippen LogP contribution in [0.15, 0.2) is 59.1 Å². The molecule has 0 spiro atoms. The molecule has 0 radical (unpaired) electrons. The van der Waals surface area contributed by atoms with E-state index >= 15 is 0 Å². The Kier molecular flexibility index (Phi) is 5.73. The maximum Gasteiger partial charge on any atom is 0.255 e. The molecule has 3 aliphatic carbocycles. The molecule has 37 heavy (non-hydrogen) atoms. The van der Waals surface area contributed by atoms with E-state index in [1.54, 1.807) is 6.07 Å². The number of Topliss-reactive ketones (excluding diaryl/α,β-unsaturated/α-hetero) is 2. The number of amides is 1. The molecule has 192 valence electrons. The van der Waals surface area contributed by atoms with Crippen LogP contribution in [0.5, 0.6) is 5.75 Å². The molecule has 1 unspecified atom stereocenters. The SMILES string of the molecule is CN(C)Cc1ccc(-c2ccc(O)c3c2C[C@H]2C[C@H]4CC(O)=C(C(N)=O)C(=O)C4(O)C(O)=C2C3=O)cc1. The van der Waals surface area contributed by atoms with Crippen molar-refractivity contribution in [3.63, 3.8) is 0 Å². The lowest BCUT2D eigenvalue weighted by atomic mass is 9.60. The van der Waals surface area contributed by atoms with Gasteiger partial charge in [0.05, 0.1) is 5.56 Å². The Morgan fingerprint density at radius 1 is 1.05 bits per heavy atom. The third-order valence-corrected chi connectivity index (χ3v) is 7.71. The third-order valence-electron chi connectivity index (χ3n) is 7.71. The summed E-state index contributed by atoms with van der Waals surface area (Å²) in [5, 5.41) is 43.4. The Morgan fingerprint density at radius 2 is 1.73 bits per heavy atom. The van der Waals surface area contributed by atoms with Gasteiger partial charge >= 0.3 is 0 Å². The van der Waals surface area contributed by atoms with Crippen molar-refractivity contribution in [1.29, 1.82) is 0 Å². The van der Waals surface area contributed by atoms with Gasteiger partial charge in [0.25, 0.3) is 5.91 Å². The highest BCUT2D eigenvalue weighted by atomic mass is 16.3. The molecule has 0 heterocycles. The summed E-state index contributed by atoms with van der Waals surface area (Å²) in [7, 11) is 3.96. The highest BCUT2D eigenvalue weighted by molar-refractivity contribution is 6.24. The summed E-state index contributed by atoms with van der Waals surface area (Å²) in [6.07, 6.45) is 0.104. The third kappa shape index (κ3) is 3.65. The summed E-state index contributed by atoms with van der Waals surface area (Å²) < 4.78 is 0. The zero-order valence-electron chi connectivity index (χ0n) is 20.5. The average Bonchev–Trinajstić information content (AvgIpc) is 2.81. The molecule has 3 atom stereocenters. The van der Waals surface area contributed by atoms with Gasteiger partial charge in [-0.2, -0.15) is 0 Å². The molecule has 0 saturated carbocycles. The van der Waals surface area contributed by atoms with Crippen LogP contribution < -0.4 is 5.73 Å². The van der Waals surface area contributed by atoms with E-state index < -0.39 is 52.0 Å². The molecule has 9 nitrogen and oxygen atoms in total. The minimum absolute atomic E-state index is 0.00601. The Balaban J connectivity index is 1.62. The highest BCUT2D eigenvalue weighted by Crippen LogP contribution is 2.52. The Hall–Kier alpha value is -3.95. The van der Waals surface area contributed by atoms with E-state index in [2.05, 4.69) is 4.90 Å². The molecule has 3 aliphatic rings. The fourth-order valence-corrected chi connectivity index (χ4v) is 6.04. The van der Waals surface area contributed by atoms with E-state index in [1.165, 1.54) is 6.07 Å². The number of aliphatic hydroxyl groups excluding tert-OH is 2. The maximum absolute atomic E-state index is 13.7. The highest BCUT2D eigenvalue weighted by Gasteiger charge is 2.59. The second-order valence-corrected chi connectivity index (χ2v) is 10.3. The zero-order valence-corrected chi connectivity index (χ0v) is 20.5. The number of aliphatic hydroxyl groups is 3. The van der Waals surface area contributed by atoms with Gasteiger partial charge in [-0.1, -0.05) is 30.3 Å². The Labute approximate surface area is 213 Å². The molecule has 5 rings (SSSR count). The number of ketones is 2. The van der Waals surface area contributed by atoms with Gasteiger partial charge in [-0.25, -0.2) is 0 Å². The summed E-state index contributed by atoms with van der Waals surface area (Å²) in [6.45, 7) is 0.768. The number of hydrogen-bond donors (Lipinski definition) is 5. The second-order valence-electron chi connectivity index (χ2n) is 10.3. The van der Waals surface area contributed by atoms with Crippen molar-refractivity contribution >= 4 is 17.5 Å². The summed E-state index contributed by atoms with van der Waals surface area (Å²) in [6, 6.07) is 11.1. The molecule has 0 aliphatic heterocycles. The lowest BCUT2D eigenvalue weighted by molar-refractivity contribution is -0.144. The molecule has 0 fully saturated rings. The van der Waals surface area contributed by atoms with Crippen LogP contribution in [0.3, 0.4) is 0 Å². The van der Waals surface area contributed by atoms with E-state index in [4.69, 9.17) is 5.73 Å². The normalized spacial score (nSPS) is 25.2. The number of allylic oxidation sites excluding steroid dienone is 2. The fraction of sp³-hybridized carbons (Fsp3) is 0.321. The summed E-state index contributed by atoms with van der Waals surface area (Å²) in [5.74, 6) is -6.34. The van der Waals surface area contributed by atoms with Crippen molar-refractivity contribution < 1.29 is 34.8 Å². The number of rotatable bonds is 4. The number of phenols is 1. The molecular formula is C28H28N2O7. The number of hydrogen-bond acceptors (Lipinski definition) is 8. The van der Waals surface area contributed by atoms with E-state index in [0.717, 1.165) is 23.2 Å². The van der Waals surface area contributed by atoms with Gasteiger partial charge in [-0.05, 0) is 61.2 Å². The summed E-state index contributed by atoms with van der Waals surface area (Å²) >= 11 is 0. The first-order valence-electron chi connectivity index (χ1n) is 12.0. The van der Waals surface area contributed by atoms with Crippen molar-refractivity contribution in [3.05, 3.63) is 75.8 Å². The number of primary amides is 1. The van der Waals surface area contributed by atoms with Crippen molar-refractivity contribution in [2.24, 2.45) is 17.6 Å². The van der Waals surface area contributed by atoms with Gasteiger partial charge in [-0.15, -0.1) is 0 Å². The number of benzene rings is 2. The standard InChI is InChI=1S/C28H28N2O7/c1-30(2)12-13-3-5-14(6-4-13)17-7-8-19(31)22-18(17)10-15-9-16-11-20(32)23(27(29)36)26(35)28(16,37)25(34)21(15)24(22)33/h3-8,15-16,31-32,34,37H,9-12H2,1-2H3,(H2,29,36)/t15-,16+,28?/m1/s1. The van der Waals surface area contributed by atoms with E-state index in [1.807, 2.05) is 38.4 Å². The van der Waals surface area contributed by atoms with Gasteiger partial charge in [0.15, 0.2) is 11.4 Å². The van der Waals surface area contributed by atoms with Crippen LogP contribution in [-0.4, -0.2) is 62.5 Å². The first kappa shape index (κ1) is 24.7. The van der Waals surface area contributed by atoms with Crippen LogP contribution in [0.25, 0.3) is 11.1 Å². The number of phenolic OH excluding ortho intramolecular Hbond substituents is 1. The number of nitrogens with zero attached hydrogens (tertiary/aromatic N) is 1. The Bertz CT molecular complexity index is 1420. The van der Waals surface area contributed by atoms with Crippen molar-refractivity contribution in [2.75, 3.05) is 14.1 Å². The van der Waals surface area contributed by atoms with Crippen LogP contribution in [0.4, 0.5) is 0 Å². The fourth-order valence-electron chi connectivity index (χ4n) is 6.04. The molecule has 2 aromatic rings. The average molecular weight is 505 g/mol. The number of aromatic hydroxyl groups is 1. The van der Waals surface area contributed by atoms with E-state index in [9.17, 15) is 34.8 Å². The molecule has 6 N–H and O–H groups in total. The summed E-state index contributed by atoms with van der Waals surface area (Å²) in [4.78, 5) is 40.6. The van der Waals surface area contributed by atoms with Gasteiger partial charge < -0.3 is 31.1 Å². The minimum atomic E-state index is -2.56. The molecule has 1 amide bonds. The molecule has 2 aromatic carbocycles. The van der Waals surface area contributed by atoms with E-state index in [0.29, 0.717) is 5.56 Å². The monoisotopic (exact) mass is 504 g/mol. The van der Waals surface area contributed by atoms with Crippen molar-refractivity contribution in [1.82, 2.24) is 4.90 Å². The predicted molar refractivity (Wildman–Crippen MR) is 134 cm³/mol. The first-order valence-corrected chi connectivity index (χ1v) is 12.0. The van der Waals surface area contributed by atoms with Crippen LogP contribution in [0.2, 0.25) is 0 Å². The second kappa shape index (κ2) is 8.57. The first-order chi connectivity index (χ1) is 17.4. The minimum Gasteiger partial charge on any atom is -0.511 e. The van der Waals surface area contributed by atoms with E-state index in [-0.39, 0.29) is 36.1 Å². The number of fused-ring (bicyclic) bond motifs is 3. The van der Waals surface area contributed by atoms with Crippen LogP contribution in [-0.2, 0) is 22.6 Å². The van der Waals surface area contributed by atoms with Crippen LogP contribution in [0, 0.1) is 11.8 Å². The lowest BCUT2D eigenvalue weighted by Crippen LogP contribution is -2.57. The molecule has 0 aromatic heterocycles. The lowest BCUT2D eigenvalue weighted by Gasteiger charge is -2.45. The van der Waals surface area contributed by atoms with Crippen molar-refractivity contribution in [3.8, 4) is 16.9 Å². The van der Waals surface area contributed by atoms with Crippen LogP contribution in [0.1, 0.15) is 34.3 Å². The van der Waals surface area contributed by atoms with Gasteiger partial charge in [0, 0.05) is 24.5 Å². The summed E-state index contributed by atoms with van der Waals surface area (Å²) in [5.41, 5.74) is 5.06. The van der Waals surface area contributed by atoms with Gasteiger partial charge in [0.1, 0.15) is 22.8 Å². The van der Waals surface area contributed by atoms with Gasteiger partial charge in [0.2, 0.25) is 5.78 Å². The largest absolute Gasteiger partial charge is 0.511 e. The maximum atomic E-state index is 13.7. The molecule has 0 saturated heterocycles. The van der Waals surface area contributed by atoms with Gasteiger partial charge in [-0.3, -0.25) is 14.4 Å². The Morgan fingerprint density at radius 3 is 2.35 bits per heavy atom. The predicted octanol–water partition coefficient (Wildman–Crippen LogP) is 2.31. The topological polar surface area (TPSA) is 161 Å². The molecule has 0 bridgehead atoms. The number of carbonyl (C=O) groups excluding carboxylic acids is 3. The quantitative estimate of drug-likeness (QED) is 0.396. The van der Waals surface area contributed by atoms with Crippen LogP contribution >= 0.6 is 0 Å². The smallest absolute Gasteiger partial charge is 0.255 e. The number of carbonyl (C=O) groups is 3. The van der Waals surface area contributed by atoms with Crippen molar-refractivity contribution in [2.45, 2.75) is 31.4 Å².